The van der Waals surface area contributed by atoms with Gasteiger partial charge in [-0.25, -0.2) is 0 Å². The van der Waals surface area contributed by atoms with E-state index in [4.69, 9.17) is 14.2 Å². The van der Waals surface area contributed by atoms with Gasteiger partial charge in [0.15, 0.2) is 11.5 Å². The van der Waals surface area contributed by atoms with Crippen LogP contribution in [0.2, 0.25) is 0 Å². The summed E-state index contributed by atoms with van der Waals surface area (Å²) in [6.45, 7) is 1.14. The van der Waals surface area contributed by atoms with Gasteiger partial charge < -0.3 is 19.1 Å². The van der Waals surface area contributed by atoms with Gasteiger partial charge in [0.25, 0.3) is 0 Å². The molecule has 6 heteroatoms. The maximum atomic E-state index is 12.2. The highest BCUT2D eigenvalue weighted by molar-refractivity contribution is 7.99. The Labute approximate surface area is 129 Å². The molecule has 1 heterocycles. The number of nitrogens with zero attached hydrogens (tertiary/aromatic N) is 1. The van der Waals surface area contributed by atoms with Crippen molar-refractivity contribution < 1.29 is 19.0 Å². The Balaban J connectivity index is 2.26. The van der Waals surface area contributed by atoms with E-state index in [2.05, 4.69) is 0 Å². The molecule has 21 heavy (non-hydrogen) atoms. The van der Waals surface area contributed by atoms with Gasteiger partial charge in [0.2, 0.25) is 5.91 Å². The maximum Gasteiger partial charge on any atom is 0.224 e. The van der Waals surface area contributed by atoms with E-state index in [0.29, 0.717) is 31.1 Å². The number of benzene rings is 1. The van der Waals surface area contributed by atoms with Crippen LogP contribution in [0.5, 0.6) is 11.5 Å². The first-order valence-electron chi connectivity index (χ1n) is 6.83. The van der Waals surface area contributed by atoms with E-state index in [1.165, 1.54) is 0 Å². The third-order valence-corrected chi connectivity index (χ3v) is 4.71. The molecule has 1 aliphatic heterocycles. The average molecular weight is 311 g/mol. The Morgan fingerprint density at radius 3 is 2.67 bits per heavy atom. The van der Waals surface area contributed by atoms with Gasteiger partial charge in [-0.2, -0.15) is 0 Å². The second-order valence-corrected chi connectivity index (χ2v) is 5.86. The largest absolute Gasteiger partial charge is 0.493 e. The lowest BCUT2D eigenvalue weighted by Crippen LogP contribution is -2.39. The second kappa shape index (κ2) is 7.56. The van der Waals surface area contributed by atoms with Gasteiger partial charge in [-0.05, 0) is 17.7 Å². The highest BCUT2D eigenvalue weighted by atomic mass is 32.2. The molecule has 1 aromatic carbocycles. The molecule has 1 unspecified atom stereocenters. The van der Waals surface area contributed by atoms with E-state index in [0.717, 1.165) is 11.3 Å². The summed E-state index contributed by atoms with van der Waals surface area (Å²) < 4.78 is 15.7. The standard InChI is InChI=1S/C15H21NO4S/c1-18-8-7-16-14(17)6-9-21-15(16)11-4-5-12(19-2)13(10-11)20-3/h4-5,10,15H,6-9H2,1-3H3. The van der Waals surface area contributed by atoms with Gasteiger partial charge in [-0.15, -0.1) is 11.8 Å². The van der Waals surface area contributed by atoms with Crippen molar-refractivity contribution in [3.63, 3.8) is 0 Å². The number of methoxy groups -OCH3 is 3. The predicted octanol–water partition coefficient (Wildman–Crippen LogP) is 2.31. The fourth-order valence-electron chi connectivity index (χ4n) is 2.34. The molecular formula is C15H21NO4S. The number of thioether (sulfide) groups is 1. The summed E-state index contributed by atoms with van der Waals surface area (Å²) in [5.41, 5.74) is 1.04. The topological polar surface area (TPSA) is 48.0 Å². The number of amides is 1. The number of hydrogen-bond donors (Lipinski definition) is 0. The van der Waals surface area contributed by atoms with Crippen molar-refractivity contribution in [3.8, 4) is 11.5 Å². The summed E-state index contributed by atoms with van der Waals surface area (Å²) in [4.78, 5) is 14.0. The molecule has 1 aliphatic rings. The van der Waals surface area contributed by atoms with Gasteiger partial charge in [-0.3, -0.25) is 4.79 Å². The van der Waals surface area contributed by atoms with Crippen LogP contribution >= 0.6 is 11.8 Å². The summed E-state index contributed by atoms with van der Waals surface area (Å²) in [6.07, 6.45) is 0.582. The molecule has 1 aromatic rings. The molecule has 0 bridgehead atoms. The highest BCUT2D eigenvalue weighted by Gasteiger charge is 2.30. The van der Waals surface area contributed by atoms with Crippen LogP contribution in [0.25, 0.3) is 0 Å². The van der Waals surface area contributed by atoms with E-state index < -0.39 is 0 Å². The molecular weight excluding hydrogens is 290 g/mol. The zero-order valence-corrected chi connectivity index (χ0v) is 13.4. The maximum absolute atomic E-state index is 12.2. The van der Waals surface area contributed by atoms with Crippen molar-refractivity contribution in [1.29, 1.82) is 0 Å². The summed E-state index contributed by atoms with van der Waals surface area (Å²) in [7, 11) is 4.87. The molecule has 0 saturated carbocycles. The molecule has 0 N–H and O–H groups in total. The lowest BCUT2D eigenvalue weighted by atomic mass is 10.1. The number of rotatable bonds is 6. The zero-order chi connectivity index (χ0) is 15.2. The molecule has 0 aliphatic carbocycles. The first-order chi connectivity index (χ1) is 10.2. The van der Waals surface area contributed by atoms with Crippen molar-refractivity contribution in [1.82, 2.24) is 4.90 Å². The number of hydrogen-bond acceptors (Lipinski definition) is 5. The Hall–Kier alpha value is -1.40. The number of carbonyl (C=O) groups excluding carboxylic acids is 1. The molecule has 1 amide bonds. The molecule has 2 rings (SSSR count). The Morgan fingerprint density at radius 2 is 2.00 bits per heavy atom. The van der Waals surface area contributed by atoms with Gasteiger partial charge in [-0.1, -0.05) is 6.07 Å². The molecule has 1 atom stereocenters. The minimum absolute atomic E-state index is 0.00112. The van der Waals surface area contributed by atoms with Crippen LogP contribution in [-0.2, 0) is 9.53 Å². The summed E-state index contributed by atoms with van der Waals surface area (Å²) in [6, 6.07) is 5.80. The van der Waals surface area contributed by atoms with E-state index in [1.54, 1.807) is 33.1 Å². The fourth-order valence-corrected chi connectivity index (χ4v) is 3.59. The molecule has 0 aromatic heterocycles. The fraction of sp³-hybridized carbons (Fsp3) is 0.533. The van der Waals surface area contributed by atoms with E-state index in [1.807, 2.05) is 23.1 Å². The monoisotopic (exact) mass is 311 g/mol. The molecule has 1 saturated heterocycles. The minimum Gasteiger partial charge on any atom is -0.493 e. The van der Waals surface area contributed by atoms with Gasteiger partial charge in [0, 0.05) is 25.8 Å². The van der Waals surface area contributed by atoms with Crippen molar-refractivity contribution in [3.05, 3.63) is 23.8 Å². The Morgan fingerprint density at radius 1 is 1.24 bits per heavy atom. The molecule has 0 spiro atoms. The third-order valence-electron chi connectivity index (χ3n) is 3.42. The van der Waals surface area contributed by atoms with Crippen LogP contribution in [0.3, 0.4) is 0 Å². The van der Waals surface area contributed by atoms with Crippen LogP contribution in [-0.4, -0.2) is 51.0 Å². The Bertz CT molecular complexity index is 495. The van der Waals surface area contributed by atoms with Crippen LogP contribution in [0.1, 0.15) is 17.4 Å². The first-order valence-corrected chi connectivity index (χ1v) is 7.88. The Kier molecular flexibility index (Phi) is 5.76. The average Bonchev–Trinajstić information content (AvgIpc) is 2.52. The van der Waals surface area contributed by atoms with Gasteiger partial charge in [0.1, 0.15) is 5.37 Å². The molecule has 1 fully saturated rings. The first kappa shape index (κ1) is 16.0. The SMILES string of the molecule is COCCN1C(=O)CCSC1c1ccc(OC)c(OC)c1. The highest BCUT2D eigenvalue weighted by Crippen LogP contribution is 2.40. The quantitative estimate of drug-likeness (QED) is 0.807. The summed E-state index contributed by atoms with van der Waals surface area (Å²) in [5.74, 6) is 2.38. The van der Waals surface area contributed by atoms with Crippen molar-refractivity contribution in [2.75, 3.05) is 40.2 Å². The molecule has 0 radical (unpaired) electrons. The molecule has 5 nitrogen and oxygen atoms in total. The summed E-state index contributed by atoms with van der Waals surface area (Å²) >= 11 is 1.76. The predicted molar refractivity (Wildman–Crippen MR) is 83.0 cm³/mol. The lowest BCUT2D eigenvalue weighted by molar-refractivity contribution is -0.132. The van der Waals surface area contributed by atoms with E-state index in [-0.39, 0.29) is 11.3 Å². The van der Waals surface area contributed by atoms with Crippen molar-refractivity contribution >= 4 is 17.7 Å². The molecule has 116 valence electrons. The smallest absolute Gasteiger partial charge is 0.224 e. The summed E-state index contributed by atoms with van der Waals surface area (Å²) in [5, 5.41) is 0.00112. The van der Waals surface area contributed by atoms with E-state index >= 15 is 0 Å². The van der Waals surface area contributed by atoms with Crippen molar-refractivity contribution in [2.45, 2.75) is 11.8 Å². The normalized spacial score (nSPS) is 18.7. The van der Waals surface area contributed by atoms with Gasteiger partial charge in [0.05, 0.1) is 20.8 Å². The van der Waals surface area contributed by atoms with Crippen LogP contribution in [0.4, 0.5) is 0 Å². The number of carbonyl (C=O) groups is 1. The lowest BCUT2D eigenvalue weighted by Gasteiger charge is -2.35. The third kappa shape index (κ3) is 3.63. The van der Waals surface area contributed by atoms with Crippen LogP contribution < -0.4 is 9.47 Å². The van der Waals surface area contributed by atoms with Gasteiger partial charge >= 0.3 is 0 Å². The van der Waals surface area contributed by atoms with Crippen LogP contribution in [0.15, 0.2) is 18.2 Å². The van der Waals surface area contributed by atoms with Crippen LogP contribution in [0, 0.1) is 0 Å². The zero-order valence-electron chi connectivity index (χ0n) is 12.6. The number of ether oxygens (including phenoxy) is 3. The minimum atomic E-state index is 0.00112. The van der Waals surface area contributed by atoms with E-state index in [9.17, 15) is 4.79 Å². The second-order valence-electron chi connectivity index (χ2n) is 4.67. The van der Waals surface area contributed by atoms with Crippen molar-refractivity contribution in [2.24, 2.45) is 0 Å².